The summed E-state index contributed by atoms with van der Waals surface area (Å²) in [5, 5.41) is 12.4. The van der Waals surface area contributed by atoms with Crippen molar-refractivity contribution in [1.29, 1.82) is 5.26 Å². The fraction of sp³-hybridized carbons (Fsp3) is 0.519. The van der Waals surface area contributed by atoms with Crippen molar-refractivity contribution in [3.05, 3.63) is 47.8 Å². The van der Waals surface area contributed by atoms with Gasteiger partial charge in [0.15, 0.2) is 11.3 Å². The maximum absolute atomic E-state index is 13.8. The molecule has 1 aromatic heterocycles. The van der Waals surface area contributed by atoms with Gasteiger partial charge in [-0.3, -0.25) is 14.8 Å². The minimum atomic E-state index is -3.03. The number of hydrogen-bond donors (Lipinski definition) is 1. The van der Waals surface area contributed by atoms with E-state index in [1.165, 1.54) is 12.3 Å². The highest BCUT2D eigenvalue weighted by atomic mass is 19.3. The standard InChI is InChI=1S/C26H31F2N5O3.CH4/c1-17(2)20-6-4-5-7-22(20)33(19-8-10-32(11-9-19)26(14-29)15-35-16-26)25(34)31-21-13-30-18(3)12-23(21)36-24(27)28;/h4-7,12-13,17,19,24H,8-11,15-16H2,1-3H3,(H,31,34);1H4. The molecule has 2 aliphatic rings. The van der Waals surface area contributed by atoms with Crippen molar-refractivity contribution in [2.24, 2.45) is 0 Å². The number of nitrogens with one attached hydrogen (secondary N) is 1. The van der Waals surface area contributed by atoms with Gasteiger partial charge in [0.05, 0.1) is 25.5 Å². The maximum Gasteiger partial charge on any atom is 0.387 e. The summed E-state index contributed by atoms with van der Waals surface area (Å²) in [6.07, 6.45) is 2.62. The summed E-state index contributed by atoms with van der Waals surface area (Å²) in [5.41, 5.74) is 1.74. The highest BCUT2D eigenvalue weighted by molar-refractivity contribution is 6.03. The first-order chi connectivity index (χ1) is 17.2. The van der Waals surface area contributed by atoms with Crippen LogP contribution in [-0.2, 0) is 4.74 Å². The zero-order valence-corrected chi connectivity index (χ0v) is 20.7. The number of urea groups is 1. The number of benzene rings is 1. The lowest BCUT2D eigenvalue weighted by molar-refractivity contribution is -0.114. The monoisotopic (exact) mass is 515 g/mol. The topological polar surface area (TPSA) is 90.7 Å². The van der Waals surface area contributed by atoms with E-state index in [1.807, 2.05) is 24.3 Å². The van der Waals surface area contributed by atoms with Crippen LogP contribution in [0.4, 0.5) is 25.0 Å². The van der Waals surface area contributed by atoms with E-state index >= 15 is 0 Å². The number of nitrogens with zero attached hydrogens (tertiary/aromatic N) is 4. The molecule has 0 unspecified atom stereocenters. The van der Waals surface area contributed by atoms with Crippen LogP contribution < -0.4 is 15.0 Å². The first kappa shape index (κ1) is 28.3. The van der Waals surface area contributed by atoms with Crippen LogP contribution in [0.25, 0.3) is 0 Å². The average molecular weight is 516 g/mol. The molecule has 37 heavy (non-hydrogen) atoms. The Balaban J connectivity index is 0.00000380. The number of hydrogen-bond acceptors (Lipinski definition) is 6. The predicted octanol–water partition coefficient (Wildman–Crippen LogP) is 5.55. The second-order valence-corrected chi connectivity index (χ2v) is 9.57. The molecule has 2 saturated heterocycles. The molecule has 200 valence electrons. The zero-order chi connectivity index (χ0) is 25.9. The minimum absolute atomic E-state index is 0. The Morgan fingerprint density at radius 2 is 1.97 bits per heavy atom. The summed E-state index contributed by atoms with van der Waals surface area (Å²) < 4.78 is 36.0. The quantitative estimate of drug-likeness (QED) is 0.520. The SMILES string of the molecule is C.Cc1cc(OC(F)F)c(NC(=O)N(c2ccccc2C(C)C)C2CCN(C3(C#N)COC3)CC2)cn1. The number of anilines is 2. The second kappa shape index (κ2) is 11.8. The minimum Gasteiger partial charge on any atom is -0.432 e. The number of carbonyl (C=O) groups is 1. The molecule has 10 heteroatoms. The largest absolute Gasteiger partial charge is 0.432 e. The van der Waals surface area contributed by atoms with Crippen molar-refractivity contribution < 1.29 is 23.0 Å². The van der Waals surface area contributed by atoms with Crippen molar-refractivity contribution in [1.82, 2.24) is 9.88 Å². The first-order valence-electron chi connectivity index (χ1n) is 12.1. The molecule has 2 aromatic rings. The Hall–Kier alpha value is -3.29. The summed E-state index contributed by atoms with van der Waals surface area (Å²) in [5.74, 6) is 0.0167. The van der Waals surface area contributed by atoms with Gasteiger partial charge in [-0.05, 0) is 37.3 Å². The van der Waals surface area contributed by atoms with E-state index in [1.54, 1.807) is 11.8 Å². The number of pyridine rings is 1. The van der Waals surface area contributed by atoms with E-state index in [9.17, 15) is 18.8 Å². The Labute approximate surface area is 217 Å². The smallest absolute Gasteiger partial charge is 0.387 e. The third-order valence-corrected chi connectivity index (χ3v) is 6.82. The van der Waals surface area contributed by atoms with Gasteiger partial charge < -0.3 is 14.8 Å². The van der Waals surface area contributed by atoms with E-state index in [0.29, 0.717) is 44.8 Å². The van der Waals surface area contributed by atoms with Crippen LogP contribution >= 0.6 is 0 Å². The molecule has 2 fully saturated rings. The van der Waals surface area contributed by atoms with Gasteiger partial charge in [0.1, 0.15) is 5.69 Å². The number of aromatic nitrogens is 1. The maximum atomic E-state index is 13.8. The molecule has 3 heterocycles. The number of likely N-dealkylation sites (tertiary alicyclic amines) is 1. The number of carbonyl (C=O) groups excluding carboxylic acids is 1. The fourth-order valence-corrected chi connectivity index (χ4v) is 4.83. The van der Waals surface area contributed by atoms with Gasteiger partial charge in [-0.1, -0.05) is 39.5 Å². The van der Waals surface area contributed by atoms with Crippen molar-refractivity contribution in [3.63, 3.8) is 0 Å². The Morgan fingerprint density at radius 3 is 2.54 bits per heavy atom. The molecule has 1 aromatic carbocycles. The van der Waals surface area contributed by atoms with Gasteiger partial charge in [0, 0.05) is 36.6 Å². The molecule has 0 bridgehead atoms. The fourth-order valence-electron chi connectivity index (χ4n) is 4.83. The predicted molar refractivity (Wildman–Crippen MR) is 138 cm³/mol. The number of piperidine rings is 1. The summed E-state index contributed by atoms with van der Waals surface area (Å²) in [7, 11) is 0. The Bertz CT molecular complexity index is 1130. The van der Waals surface area contributed by atoms with Crippen molar-refractivity contribution >= 4 is 17.4 Å². The number of amides is 2. The summed E-state index contributed by atoms with van der Waals surface area (Å²) in [4.78, 5) is 21.8. The third kappa shape index (κ3) is 6.00. The Morgan fingerprint density at radius 1 is 1.30 bits per heavy atom. The Kier molecular flexibility index (Phi) is 9.05. The van der Waals surface area contributed by atoms with Crippen molar-refractivity contribution in [3.8, 4) is 11.8 Å². The molecule has 0 aliphatic carbocycles. The number of halogens is 2. The molecule has 4 rings (SSSR count). The van der Waals surface area contributed by atoms with E-state index in [0.717, 1.165) is 11.3 Å². The molecule has 1 N–H and O–H groups in total. The lowest BCUT2D eigenvalue weighted by Gasteiger charge is -2.48. The van der Waals surface area contributed by atoms with Crippen LogP contribution in [-0.4, -0.2) is 60.4 Å². The van der Waals surface area contributed by atoms with Crippen LogP contribution in [0.1, 0.15) is 51.3 Å². The molecular formula is C27H35F2N5O3. The van der Waals surface area contributed by atoms with Gasteiger partial charge >= 0.3 is 12.6 Å². The second-order valence-electron chi connectivity index (χ2n) is 9.57. The van der Waals surface area contributed by atoms with Gasteiger partial charge in [0.2, 0.25) is 0 Å². The lowest BCUT2D eigenvalue weighted by Crippen LogP contribution is -2.64. The number of ether oxygens (including phenoxy) is 2. The molecule has 2 amide bonds. The van der Waals surface area contributed by atoms with E-state index in [-0.39, 0.29) is 30.8 Å². The number of para-hydroxylation sites is 1. The van der Waals surface area contributed by atoms with Crippen LogP contribution in [0.3, 0.4) is 0 Å². The normalized spacial score (nSPS) is 17.5. The van der Waals surface area contributed by atoms with E-state index in [4.69, 9.17) is 4.74 Å². The molecule has 2 aliphatic heterocycles. The number of aryl methyl sites for hydroxylation is 1. The van der Waals surface area contributed by atoms with E-state index < -0.39 is 18.2 Å². The van der Waals surface area contributed by atoms with Crippen molar-refractivity contribution in [2.45, 2.75) is 65.1 Å². The molecular weight excluding hydrogens is 480 g/mol. The summed E-state index contributed by atoms with van der Waals surface area (Å²) >= 11 is 0. The number of rotatable bonds is 7. The van der Waals surface area contributed by atoms with Gasteiger partial charge in [0.25, 0.3) is 0 Å². The summed E-state index contributed by atoms with van der Waals surface area (Å²) in [6.45, 7) is 4.80. The third-order valence-electron chi connectivity index (χ3n) is 6.82. The van der Waals surface area contributed by atoms with Gasteiger partial charge in [-0.25, -0.2) is 4.79 Å². The molecule has 0 saturated carbocycles. The zero-order valence-electron chi connectivity index (χ0n) is 20.7. The first-order valence-corrected chi connectivity index (χ1v) is 12.1. The van der Waals surface area contributed by atoms with Crippen LogP contribution in [0, 0.1) is 18.3 Å². The highest BCUT2D eigenvalue weighted by Gasteiger charge is 2.46. The molecule has 0 atom stereocenters. The lowest BCUT2D eigenvalue weighted by atomic mass is 9.91. The molecule has 8 nitrogen and oxygen atoms in total. The molecule has 0 spiro atoms. The molecule has 0 radical (unpaired) electrons. The van der Waals surface area contributed by atoms with Crippen LogP contribution in [0.15, 0.2) is 36.5 Å². The van der Waals surface area contributed by atoms with Gasteiger partial charge in [-0.15, -0.1) is 0 Å². The number of alkyl halides is 2. The van der Waals surface area contributed by atoms with Gasteiger partial charge in [-0.2, -0.15) is 14.0 Å². The van der Waals surface area contributed by atoms with E-state index in [2.05, 4.69) is 39.9 Å². The van der Waals surface area contributed by atoms with Crippen molar-refractivity contribution in [2.75, 3.05) is 36.5 Å². The van der Waals surface area contributed by atoms with Crippen LogP contribution in [0.5, 0.6) is 5.75 Å². The van der Waals surface area contributed by atoms with Crippen LogP contribution in [0.2, 0.25) is 0 Å². The number of nitriles is 1. The highest BCUT2D eigenvalue weighted by Crippen LogP contribution is 2.35. The average Bonchev–Trinajstić information content (AvgIpc) is 2.81. The summed E-state index contributed by atoms with van der Waals surface area (Å²) in [6, 6.07) is 10.9.